The van der Waals surface area contributed by atoms with Crippen LogP contribution in [0.5, 0.6) is 0 Å². The van der Waals surface area contributed by atoms with Crippen LogP contribution in [0.1, 0.15) is 10.4 Å². The molecule has 1 aromatic carbocycles. The first-order valence-electron chi connectivity index (χ1n) is 8.70. The lowest BCUT2D eigenvalue weighted by atomic mass is 10.2. The molecule has 0 saturated carbocycles. The number of pyridine rings is 1. The number of para-hydroxylation sites is 1. The van der Waals surface area contributed by atoms with Crippen LogP contribution < -0.4 is 15.5 Å². The Bertz CT molecular complexity index is 668. The molecule has 6 nitrogen and oxygen atoms in total. The number of nitrogens with one attached hydrogen (secondary N) is 2. The van der Waals surface area contributed by atoms with Crippen LogP contribution in [0, 0.1) is 0 Å². The number of hydrogen-bond acceptors (Lipinski definition) is 5. The van der Waals surface area contributed by atoms with E-state index < -0.39 is 0 Å². The van der Waals surface area contributed by atoms with E-state index in [2.05, 4.69) is 20.5 Å². The molecule has 1 saturated heterocycles. The van der Waals surface area contributed by atoms with E-state index in [1.807, 2.05) is 54.4 Å². The monoisotopic (exact) mass is 339 g/mol. The highest BCUT2D eigenvalue weighted by molar-refractivity contribution is 5.94. The molecule has 0 aliphatic carbocycles. The van der Waals surface area contributed by atoms with Gasteiger partial charge in [-0.2, -0.15) is 0 Å². The predicted octanol–water partition coefficient (Wildman–Crippen LogP) is 1.48. The van der Waals surface area contributed by atoms with Gasteiger partial charge in [0.05, 0.1) is 5.56 Å². The van der Waals surface area contributed by atoms with Crippen LogP contribution in [-0.4, -0.2) is 62.1 Å². The fourth-order valence-electron chi connectivity index (χ4n) is 2.87. The van der Waals surface area contributed by atoms with E-state index in [9.17, 15) is 4.79 Å². The normalized spacial score (nSPS) is 14.9. The number of carbonyl (C=O) groups excluding carboxylic acids is 1. The summed E-state index contributed by atoms with van der Waals surface area (Å²) in [5.74, 6) is 0.736. The summed E-state index contributed by atoms with van der Waals surface area (Å²) in [6, 6.07) is 13.7. The van der Waals surface area contributed by atoms with Crippen LogP contribution in [0.15, 0.2) is 48.7 Å². The van der Waals surface area contributed by atoms with Gasteiger partial charge in [-0.15, -0.1) is 0 Å². The topological polar surface area (TPSA) is 60.5 Å². The summed E-state index contributed by atoms with van der Waals surface area (Å²) in [7, 11) is 1.96. The molecule has 1 fully saturated rings. The molecule has 0 spiro atoms. The Balaban J connectivity index is 1.51. The summed E-state index contributed by atoms with van der Waals surface area (Å²) in [6.07, 6.45) is 1.63. The van der Waals surface area contributed by atoms with Gasteiger partial charge in [0.1, 0.15) is 5.82 Å². The first-order chi connectivity index (χ1) is 12.2. The van der Waals surface area contributed by atoms with Gasteiger partial charge in [0, 0.05) is 58.2 Å². The fourth-order valence-corrected chi connectivity index (χ4v) is 2.87. The summed E-state index contributed by atoms with van der Waals surface area (Å²) in [5, 5.41) is 6.30. The number of carbonyl (C=O) groups is 1. The number of rotatable bonds is 6. The Morgan fingerprint density at radius 2 is 1.96 bits per heavy atom. The predicted molar refractivity (Wildman–Crippen MR) is 100 cm³/mol. The van der Waals surface area contributed by atoms with Gasteiger partial charge in [0.25, 0.3) is 5.91 Å². The minimum absolute atomic E-state index is 0.0726. The second kappa shape index (κ2) is 8.60. The van der Waals surface area contributed by atoms with Crippen molar-refractivity contribution in [2.24, 2.45) is 0 Å². The minimum atomic E-state index is -0.0726. The molecule has 2 heterocycles. The summed E-state index contributed by atoms with van der Waals surface area (Å²) >= 11 is 0. The van der Waals surface area contributed by atoms with Crippen LogP contribution in [0.4, 0.5) is 11.5 Å². The average molecular weight is 339 g/mol. The molecule has 0 bridgehead atoms. The van der Waals surface area contributed by atoms with Crippen molar-refractivity contribution in [1.29, 1.82) is 0 Å². The highest BCUT2D eigenvalue weighted by atomic mass is 16.1. The molecule has 25 heavy (non-hydrogen) atoms. The Hall–Kier alpha value is -2.44. The molecule has 1 amide bonds. The summed E-state index contributed by atoms with van der Waals surface area (Å²) in [4.78, 5) is 21.0. The third-order valence-corrected chi connectivity index (χ3v) is 4.42. The van der Waals surface area contributed by atoms with Crippen molar-refractivity contribution in [3.8, 4) is 0 Å². The molecule has 1 aliphatic rings. The zero-order valence-electron chi connectivity index (χ0n) is 14.6. The largest absolute Gasteiger partial charge is 0.351 e. The van der Waals surface area contributed by atoms with E-state index >= 15 is 0 Å². The SMILES string of the molecule is CN(c1ccccc1)c1ccc(C(=O)NCCN2CCNCC2)cn1. The third kappa shape index (κ3) is 4.78. The first-order valence-corrected chi connectivity index (χ1v) is 8.70. The van der Waals surface area contributed by atoms with E-state index in [-0.39, 0.29) is 5.91 Å². The van der Waals surface area contributed by atoms with Gasteiger partial charge < -0.3 is 15.5 Å². The Kier molecular flexibility index (Phi) is 5.98. The van der Waals surface area contributed by atoms with Crippen molar-refractivity contribution in [3.05, 3.63) is 54.2 Å². The third-order valence-electron chi connectivity index (χ3n) is 4.42. The van der Waals surface area contributed by atoms with Gasteiger partial charge in [-0.25, -0.2) is 4.98 Å². The van der Waals surface area contributed by atoms with Crippen LogP contribution in [0.2, 0.25) is 0 Å². The molecular weight excluding hydrogens is 314 g/mol. The van der Waals surface area contributed by atoms with E-state index in [0.29, 0.717) is 12.1 Å². The molecular formula is C19H25N5O. The second-order valence-electron chi connectivity index (χ2n) is 6.15. The number of hydrogen-bond donors (Lipinski definition) is 2. The number of benzene rings is 1. The molecule has 3 rings (SSSR count). The van der Waals surface area contributed by atoms with Gasteiger partial charge in [-0.1, -0.05) is 18.2 Å². The van der Waals surface area contributed by atoms with Crippen LogP contribution in [0.3, 0.4) is 0 Å². The van der Waals surface area contributed by atoms with Crippen molar-refractivity contribution in [2.75, 3.05) is 51.2 Å². The average Bonchev–Trinajstić information content (AvgIpc) is 2.69. The zero-order valence-corrected chi connectivity index (χ0v) is 14.6. The van der Waals surface area contributed by atoms with Crippen LogP contribution in [-0.2, 0) is 0 Å². The summed E-state index contributed by atoms with van der Waals surface area (Å²) in [6.45, 7) is 5.67. The number of amides is 1. The van der Waals surface area contributed by atoms with Crippen LogP contribution >= 0.6 is 0 Å². The minimum Gasteiger partial charge on any atom is -0.351 e. The zero-order chi connectivity index (χ0) is 17.5. The highest BCUT2D eigenvalue weighted by Gasteiger charge is 2.11. The van der Waals surface area contributed by atoms with E-state index in [1.165, 1.54) is 0 Å². The maximum atomic E-state index is 12.2. The first kappa shape index (κ1) is 17.4. The quantitative estimate of drug-likeness (QED) is 0.835. The Morgan fingerprint density at radius 1 is 1.20 bits per heavy atom. The molecule has 1 aromatic heterocycles. The lowest BCUT2D eigenvalue weighted by Crippen LogP contribution is -2.46. The van der Waals surface area contributed by atoms with Gasteiger partial charge >= 0.3 is 0 Å². The van der Waals surface area contributed by atoms with Crippen molar-refractivity contribution < 1.29 is 4.79 Å². The number of aromatic nitrogens is 1. The maximum Gasteiger partial charge on any atom is 0.252 e. The summed E-state index contributed by atoms with van der Waals surface area (Å²) < 4.78 is 0. The van der Waals surface area contributed by atoms with Crippen molar-refractivity contribution in [2.45, 2.75) is 0 Å². The van der Waals surface area contributed by atoms with Gasteiger partial charge in [0.2, 0.25) is 0 Å². The van der Waals surface area contributed by atoms with Crippen LogP contribution in [0.25, 0.3) is 0 Å². The fraction of sp³-hybridized carbons (Fsp3) is 0.368. The molecule has 6 heteroatoms. The molecule has 0 unspecified atom stereocenters. The molecule has 0 atom stereocenters. The molecule has 1 aliphatic heterocycles. The number of anilines is 2. The van der Waals surface area contributed by atoms with E-state index in [4.69, 9.17) is 0 Å². The van der Waals surface area contributed by atoms with Gasteiger partial charge in [-0.3, -0.25) is 9.69 Å². The van der Waals surface area contributed by atoms with E-state index in [0.717, 1.165) is 44.2 Å². The number of piperazine rings is 1. The van der Waals surface area contributed by atoms with Crippen molar-refractivity contribution >= 4 is 17.4 Å². The Morgan fingerprint density at radius 3 is 2.64 bits per heavy atom. The molecule has 132 valence electrons. The lowest BCUT2D eigenvalue weighted by molar-refractivity contribution is 0.0947. The Labute approximate surface area is 148 Å². The standard InChI is InChI=1S/C19H25N5O/c1-23(17-5-3-2-4-6-17)18-8-7-16(15-22-18)19(25)21-11-14-24-12-9-20-10-13-24/h2-8,15,20H,9-14H2,1H3,(H,21,25). The summed E-state index contributed by atoms with van der Waals surface area (Å²) in [5.41, 5.74) is 1.65. The molecule has 2 N–H and O–H groups in total. The van der Waals surface area contributed by atoms with Gasteiger partial charge in [0.15, 0.2) is 0 Å². The van der Waals surface area contributed by atoms with Crippen molar-refractivity contribution in [3.63, 3.8) is 0 Å². The molecule has 2 aromatic rings. The van der Waals surface area contributed by atoms with Gasteiger partial charge in [-0.05, 0) is 24.3 Å². The van der Waals surface area contributed by atoms with Crippen molar-refractivity contribution in [1.82, 2.24) is 20.5 Å². The highest BCUT2D eigenvalue weighted by Crippen LogP contribution is 2.20. The number of nitrogens with zero attached hydrogens (tertiary/aromatic N) is 3. The maximum absolute atomic E-state index is 12.2. The lowest BCUT2D eigenvalue weighted by Gasteiger charge is -2.27. The van der Waals surface area contributed by atoms with E-state index in [1.54, 1.807) is 6.20 Å². The smallest absolute Gasteiger partial charge is 0.252 e. The molecule has 0 radical (unpaired) electrons. The second-order valence-corrected chi connectivity index (χ2v) is 6.15.